The Morgan fingerprint density at radius 3 is 1.90 bits per heavy atom. The van der Waals surface area contributed by atoms with E-state index >= 15 is 0 Å². The van der Waals surface area contributed by atoms with Crippen molar-refractivity contribution < 1.29 is 4.79 Å². The summed E-state index contributed by atoms with van der Waals surface area (Å²) in [5.41, 5.74) is 1.71. The molecule has 0 aliphatic carbocycles. The van der Waals surface area contributed by atoms with Crippen molar-refractivity contribution >= 4 is 38.2 Å². The van der Waals surface area contributed by atoms with Gasteiger partial charge in [-0.15, -0.1) is 0 Å². The molecule has 1 heterocycles. The SMILES string of the molecule is CC(=O)c1cc2c3ccccc3c3ccccc3c2[nH]1. The van der Waals surface area contributed by atoms with Gasteiger partial charge in [0.1, 0.15) is 0 Å². The summed E-state index contributed by atoms with van der Waals surface area (Å²) >= 11 is 0. The van der Waals surface area contributed by atoms with E-state index < -0.39 is 0 Å². The minimum absolute atomic E-state index is 0.0642. The van der Waals surface area contributed by atoms with Crippen LogP contribution in [0.3, 0.4) is 0 Å². The molecule has 0 amide bonds. The summed E-state index contributed by atoms with van der Waals surface area (Å²) in [5, 5.41) is 5.90. The lowest BCUT2D eigenvalue weighted by Gasteiger charge is -2.06. The van der Waals surface area contributed by atoms with Gasteiger partial charge in [0.15, 0.2) is 5.78 Å². The lowest BCUT2D eigenvalue weighted by molar-refractivity contribution is 0.101. The third kappa shape index (κ3) is 1.42. The Hall–Kier alpha value is -2.61. The number of carbonyl (C=O) groups excluding carboxylic acids is 1. The van der Waals surface area contributed by atoms with Gasteiger partial charge in [0.25, 0.3) is 0 Å². The van der Waals surface area contributed by atoms with Crippen LogP contribution in [0.5, 0.6) is 0 Å². The average molecular weight is 259 g/mol. The number of fused-ring (bicyclic) bond motifs is 6. The highest BCUT2D eigenvalue weighted by molar-refractivity contribution is 6.25. The Labute approximate surface area is 116 Å². The number of aromatic amines is 1. The first-order valence-corrected chi connectivity index (χ1v) is 6.69. The van der Waals surface area contributed by atoms with Gasteiger partial charge >= 0.3 is 0 Å². The minimum atomic E-state index is 0.0642. The molecule has 0 fully saturated rings. The summed E-state index contributed by atoms with van der Waals surface area (Å²) in [6.07, 6.45) is 0. The van der Waals surface area contributed by atoms with E-state index in [1.54, 1.807) is 6.92 Å². The lowest BCUT2D eigenvalue weighted by atomic mass is 9.98. The van der Waals surface area contributed by atoms with Gasteiger partial charge in [-0.2, -0.15) is 0 Å². The van der Waals surface area contributed by atoms with Crippen LogP contribution in [-0.2, 0) is 0 Å². The first-order valence-electron chi connectivity index (χ1n) is 6.69. The quantitative estimate of drug-likeness (QED) is 0.391. The molecule has 0 radical (unpaired) electrons. The number of ketones is 1. The van der Waals surface area contributed by atoms with E-state index in [9.17, 15) is 4.79 Å². The molecule has 0 bridgehead atoms. The molecule has 0 aliphatic rings. The summed E-state index contributed by atoms with van der Waals surface area (Å²) in [6, 6.07) is 18.6. The van der Waals surface area contributed by atoms with Crippen molar-refractivity contribution in [3.8, 4) is 0 Å². The van der Waals surface area contributed by atoms with Crippen molar-refractivity contribution in [2.45, 2.75) is 6.92 Å². The van der Waals surface area contributed by atoms with E-state index in [-0.39, 0.29) is 5.78 Å². The highest BCUT2D eigenvalue weighted by Gasteiger charge is 2.12. The van der Waals surface area contributed by atoms with Crippen molar-refractivity contribution in [2.75, 3.05) is 0 Å². The van der Waals surface area contributed by atoms with Crippen LogP contribution in [0.15, 0.2) is 54.6 Å². The first kappa shape index (κ1) is 11.2. The molecule has 3 aromatic carbocycles. The summed E-state index contributed by atoms with van der Waals surface area (Å²) < 4.78 is 0. The van der Waals surface area contributed by atoms with Crippen molar-refractivity contribution in [2.24, 2.45) is 0 Å². The zero-order chi connectivity index (χ0) is 13.7. The maximum Gasteiger partial charge on any atom is 0.175 e. The van der Waals surface area contributed by atoms with Crippen LogP contribution in [0.25, 0.3) is 32.4 Å². The van der Waals surface area contributed by atoms with E-state index in [1.807, 2.05) is 18.2 Å². The monoisotopic (exact) mass is 259 g/mol. The highest BCUT2D eigenvalue weighted by Crippen LogP contribution is 2.34. The van der Waals surface area contributed by atoms with Crippen LogP contribution in [0, 0.1) is 0 Å². The maximum atomic E-state index is 11.7. The van der Waals surface area contributed by atoms with Crippen LogP contribution >= 0.6 is 0 Å². The lowest BCUT2D eigenvalue weighted by Crippen LogP contribution is -1.90. The number of benzene rings is 3. The van der Waals surface area contributed by atoms with Crippen molar-refractivity contribution in [1.29, 1.82) is 0 Å². The van der Waals surface area contributed by atoms with E-state index in [0.29, 0.717) is 5.69 Å². The number of hydrogen-bond acceptors (Lipinski definition) is 1. The molecule has 0 unspecified atom stereocenters. The van der Waals surface area contributed by atoms with Gasteiger partial charge in [-0.25, -0.2) is 0 Å². The van der Waals surface area contributed by atoms with Gasteiger partial charge in [-0.3, -0.25) is 4.79 Å². The maximum absolute atomic E-state index is 11.7. The Balaban J connectivity index is 2.35. The predicted octanol–water partition coefficient (Wildman–Crippen LogP) is 4.68. The number of carbonyl (C=O) groups is 1. The van der Waals surface area contributed by atoms with E-state index in [2.05, 4.69) is 41.4 Å². The minimum Gasteiger partial charge on any atom is -0.352 e. The van der Waals surface area contributed by atoms with Gasteiger partial charge in [-0.1, -0.05) is 48.5 Å². The highest BCUT2D eigenvalue weighted by atomic mass is 16.1. The second kappa shape index (κ2) is 3.94. The molecule has 0 saturated heterocycles. The first-order chi connectivity index (χ1) is 9.75. The second-order valence-corrected chi connectivity index (χ2v) is 5.12. The fourth-order valence-electron chi connectivity index (χ4n) is 2.96. The van der Waals surface area contributed by atoms with Crippen LogP contribution < -0.4 is 0 Å². The second-order valence-electron chi connectivity index (χ2n) is 5.12. The van der Waals surface area contributed by atoms with E-state index in [4.69, 9.17) is 0 Å². The number of nitrogens with one attached hydrogen (secondary N) is 1. The van der Waals surface area contributed by atoms with E-state index in [1.165, 1.54) is 16.2 Å². The number of aromatic nitrogens is 1. The summed E-state index contributed by atoms with van der Waals surface area (Å²) in [5.74, 6) is 0.0642. The number of hydrogen-bond donors (Lipinski definition) is 1. The van der Waals surface area contributed by atoms with Gasteiger partial charge in [0.2, 0.25) is 0 Å². The Morgan fingerprint density at radius 1 is 0.800 bits per heavy atom. The molecule has 2 heteroatoms. The largest absolute Gasteiger partial charge is 0.352 e. The summed E-state index contributed by atoms with van der Waals surface area (Å²) in [6.45, 7) is 1.59. The van der Waals surface area contributed by atoms with Gasteiger partial charge in [-0.05, 0) is 22.2 Å². The molecular weight excluding hydrogens is 246 g/mol. The van der Waals surface area contributed by atoms with Crippen molar-refractivity contribution in [3.05, 3.63) is 60.3 Å². The molecule has 4 rings (SSSR count). The van der Waals surface area contributed by atoms with Crippen molar-refractivity contribution in [1.82, 2.24) is 4.98 Å². The molecule has 0 aliphatic heterocycles. The zero-order valence-electron chi connectivity index (χ0n) is 11.1. The normalized spacial score (nSPS) is 11.4. The van der Waals surface area contributed by atoms with Crippen LogP contribution in [0.4, 0.5) is 0 Å². The molecule has 0 saturated carbocycles. The van der Waals surface area contributed by atoms with Crippen LogP contribution in [0.2, 0.25) is 0 Å². The number of Topliss-reactive ketones (excluding diaryl/α,β-unsaturated/α-hetero) is 1. The topological polar surface area (TPSA) is 32.9 Å². The molecule has 20 heavy (non-hydrogen) atoms. The zero-order valence-corrected chi connectivity index (χ0v) is 11.1. The Morgan fingerprint density at radius 2 is 1.30 bits per heavy atom. The summed E-state index contributed by atoms with van der Waals surface area (Å²) in [4.78, 5) is 14.9. The van der Waals surface area contributed by atoms with E-state index in [0.717, 1.165) is 16.3 Å². The molecule has 1 aromatic heterocycles. The Bertz CT molecular complexity index is 906. The molecular formula is C18H13NO. The third-order valence-electron chi connectivity index (χ3n) is 3.90. The number of rotatable bonds is 1. The molecule has 96 valence electrons. The third-order valence-corrected chi connectivity index (χ3v) is 3.90. The predicted molar refractivity (Wildman–Crippen MR) is 83.3 cm³/mol. The molecule has 0 atom stereocenters. The van der Waals surface area contributed by atoms with Crippen LogP contribution in [0.1, 0.15) is 17.4 Å². The van der Waals surface area contributed by atoms with Crippen LogP contribution in [-0.4, -0.2) is 10.8 Å². The van der Waals surface area contributed by atoms with Gasteiger partial charge < -0.3 is 4.98 Å². The summed E-state index contributed by atoms with van der Waals surface area (Å²) in [7, 11) is 0. The number of H-pyrrole nitrogens is 1. The fraction of sp³-hybridized carbons (Fsp3) is 0.0556. The smallest absolute Gasteiger partial charge is 0.175 e. The van der Waals surface area contributed by atoms with Gasteiger partial charge in [0, 0.05) is 17.7 Å². The standard InChI is InChI=1S/C18H13NO/c1-11(20)17-10-16-14-8-3-2-6-12(14)13-7-4-5-9-15(13)18(16)19-17/h2-10,19H,1H3. The molecule has 1 N–H and O–H groups in total. The van der Waals surface area contributed by atoms with Crippen molar-refractivity contribution in [3.63, 3.8) is 0 Å². The molecule has 0 spiro atoms. The van der Waals surface area contributed by atoms with Gasteiger partial charge in [0.05, 0.1) is 11.2 Å². The molecule has 2 nitrogen and oxygen atoms in total. The average Bonchev–Trinajstić information content (AvgIpc) is 2.93. The molecule has 4 aromatic rings. The fourth-order valence-corrected chi connectivity index (χ4v) is 2.96. The Kier molecular flexibility index (Phi) is 2.21.